The van der Waals surface area contributed by atoms with Crippen molar-refractivity contribution >= 4 is 147 Å². The van der Waals surface area contributed by atoms with Gasteiger partial charge in [0.2, 0.25) is 0 Å². The second-order valence-electron chi connectivity index (χ2n) is 9.22. The van der Waals surface area contributed by atoms with Crippen LogP contribution in [-0.2, 0) is 0 Å². The fourth-order valence-electron chi connectivity index (χ4n) is 4.41. The minimum atomic E-state index is -6.81. The summed E-state index contributed by atoms with van der Waals surface area (Å²) in [5, 5.41) is -2.92. The summed E-state index contributed by atoms with van der Waals surface area (Å²) in [4.78, 5) is 1.68. The molecule has 3 heterocycles. The first-order valence-electron chi connectivity index (χ1n) is 12.3. The molecule has 0 amide bonds. The van der Waals surface area contributed by atoms with E-state index in [0.717, 1.165) is 0 Å². The molecule has 0 radical (unpaired) electrons. The van der Waals surface area contributed by atoms with Crippen molar-refractivity contribution in [3.05, 3.63) is 60.3 Å². The predicted octanol–water partition coefficient (Wildman–Crippen LogP) is 12.8. The van der Waals surface area contributed by atoms with Crippen molar-refractivity contribution in [2.24, 2.45) is 0 Å². The standard InChI is InChI=1S/C18Cl12O6P.C6H15N/c19-1-2(20)8(26)14-13(7(1)25)31-37(32-14,33-15-9(27)3(21)4(22)10(28)16(15)34-37)35-17-11(29)5(23)6(24)12(30)18(17)36-37;1-4-7(5-2)6-3/h;4-6H2,1-3H3/q-1;/p+1. The van der Waals surface area contributed by atoms with E-state index in [9.17, 15) is 0 Å². The Morgan fingerprint density at radius 3 is 0.614 bits per heavy atom. The maximum absolute atomic E-state index is 6.81. The SMILES string of the molecule is CC[NH+](CC)CC.Clc1c(Cl)c(Cl)c2c(c1Cl)O[P-]13(O2)(Oc2c(Cl)c(Cl)c(Cl)c(Cl)c2O1)Oc1c(Cl)c(Cl)c(Cl)c(Cl)c1O3. The summed E-state index contributed by atoms with van der Waals surface area (Å²) in [6, 6.07) is 0. The van der Waals surface area contributed by atoms with Gasteiger partial charge in [0.1, 0.15) is 0 Å². The zero-order chi connectivity index (χ0) is 32.7. The van der Waals surface area contributed by atoms with Crippen LogP contribution in [0.5, 0.6) is 34.5 Å². The molecule has 242 valence electrons. The molecule has 0 fully saturated rings. The van der Waals surface area contributed by atoms with Crippen LogP contribution >= 0.6 is 147 Å². The van der Waals surface area contributed by atoms with E-state index in [1.807, 2.05) is 0 Å². The zero-order valence-electron chi connectivity index (χ0n) is 22.1. The first-order chi connectivity index (χ1) is 20.5. The van der Waals surface area contributed by atoms with Gasteiger partial charge in [-0.2, -0.15) is 0 Å². The molecule has 0 saturated carbocycles. The van der Waals surface area contributed by atoms with Gasteiger partial charge in [-0.05, 0) is 20.8 Å². The van der Waals surface area contributed by atoms with Crippen molar-refractivity contribution in [2.75, 3.05) is 19.6 Å². The van der Waals surface area contributed by atoms with Gasteiger partial charge >= 0.3 is 268 Å². The van der Waals surface area contributed by atoms with Crippen molar-refractivity contribution < 1.29 is 32.0 Å². The third-order valence-electron chi connectivity index (χ3n) is 6.71. The van der Waals surface area contributed by atoms with E-state index in [4.69, 9.17) is 166 Å². The molecule has 6 rings (SSSR count). The molecule has 1 spiro atoms. The first-order valence-corrected chi connectivity index (χ1v) is 19.0. The van der Waals surface area contributed by atoms with Gasteiger partial charge in [-0.1, -0.05) is 0 Å². The molecule has 3 aromatic rings. The fourth-order valence-corrected chi connectivity index (χ4v) is 11.3. The van der Waals surface area contributed by atoms with Crippen molar-refractivity contribution in [2.45, 2.75) is 20.8 Å². The molecular weight excluding hydrogens is 855 g/mol. The third-order valence-corrected chi connectivity index (χ3v) is 15.3. The summed E-state index contributed by atoms with van der Waals surface area (Å²) in [6.07, 6.45) is 0. The van der Waals surface area contributed by atoms with E-state index >= 15 is 0 Å². The van der Waals surface area contributed by atoms with E-state index < -0.39 is 7.31 Å². The third kappa shape index (κ3) is 4.99. The van der Waals surface area contributed by atoms with Crippen LogP contribution in [0.1, 0.15) is 20.8 Å². The van der Waals surface area contributed by atoms with E-state index in [2.05, 4.69) is 20.8 Å². The molecular formula is C24H16Cl12NO6P. The Labute approximate surface area is 311 Å². The zero-order valence-corrected chi connectivity index (χ0v) is 32.0. The first kappa shape index (κ1) is 35.6. The van der Waals surface area contributed by atoms with Gasteiger partial charge in [0.25, 0.3) is 0 Å². The average Bonchev–Trinajstić information content (AvgIpc) is 3.62. The van der Waals surface area contributed by atoms with Crippen LogP contribution in [0.25, 0.3) is 0 Å². The van der Waals surface area contributed by atoms with Gasteiger partial charge in [0, 0.05) is 0 Å². The van der Waals surface area contributed by atoms with Crippen LogP contribution in [0.4, 0.5) is 0 Å². The number of rotatable bonds is 3. The number of quaternary nitrogens is 1. The number of halogens is 12. The van der Waals surface area contributed by atoms with Crippen LogP contribution in [0, 0.1) is 0 Å². The molecule has 3 aliphatic rings. The van der Waals surface area contributed by atoms with E-state index in [1.54, 1.807) is 4.90 Å². The second kappa shape index (κ2) is 11.7. The molecule has 0 saturated heterocycles. The van der Waals surface area contributed by atoms with Crippen molar-refractivity contribution in [1.82, 2.24) is 0 Å². The molecule has 7 nitrogen and oxygen atoms in total. The van der Waals surface area contributed by atoms with Crippen molar-refractivity contribution in [3.8, 4) is 34.5 Å². The second-order valence-corrected chi connectivity index (χ2v) is 17.1. The number of benzene rings is 3. The van der Waals surface area contributed by atoms with Crippen LogP contribution in [0.15, 0.2) is 0 Å². The maximum atomic E-state index is 6.42. The Bertz CT molecular complexity index is 1460. The van der Waals surface area contributed by atoms with Crippen LogP contribution in [0.3, 0.4) is 0 Å². The summed E-state index contributed by atoms with van der Waals surface area (Å²) >= 11 is 75.9. The molecule has 0 atom stereocenters. The summed E-state index contributed by atoms with van der Waals surface area (Å²) in [5.74, 6) is -2.13. The van der Waals surface area contributed by atoms with E-state index in [1.165, 1.54) is 19.6 Å². The van der Waals surface area contributed by atoms with Gasteiger partial charge in [-0.15, -0.1) is 0 Å². The quantitative estimate of drug-likeness (QED) is 0.161. The predicted molar refractivity (Wildman–Crippen MR) is 183 cm³/mol. The minimum absolute atomic E-state index is 0.205. The van der Waals surface area contributed by atoms with Crippen LogP contribution in [0.2, 0.25) is 60.3 Å². The van der Waals surface area contributed by atoms with Crippen LogP contribution in [-0.4, -0.2) is 19.6 Å². The Balaban J connectivity index is 0.000000493. The summed E-state index contributed by atoms with van der Waals surface area (Å²) in [6.45, 7) is 10.5. The monoisotopic (exact) mass is 865 g/mol. The fraction of sp³-hybridized carbons (Fsp3) is 0.250. The Hall–Kier alpha value is 0.330. The van der Waals surface area contributed by atoms with Crippen LogP contribution < -0.4 is 32.0 Å². The Morgan fingerprint density at radius 2 is 0.500 bits per heavy atom. The number of hydrogen-bond donors (Lipinski definition) is 1. The summed E-state index contributed by atoms with van der Waals surface area (Å²) < 4.78 is 36.9. The number of nitrogens with one attached hydrogen (secondary N) is 1. The Morgan fingerprint density at radius 1 is 0.341 bits per heavy atom. The number of fused-ring (bicyclic) bond motifs is 3. The number of hydrogen-bond acceptors (Lipinski definition) is 6. The molecule has 20 heteroatoms. The molecule has 3 aromatic carbocycles. The average molecular weight is 871 g/mol. The van der Waals surface area contributed by atoms with Gasteiger partial charge in [0.05, 0.1) is 19.6 Å². The molecule has 44 heavy (non-hydrogen) atoms. The Kier molecular flexibility index (Phi) is 9.51. The molecule has 3 aliphatic heterocycles. The van der Waals surface area contributed by atoms with Gasteiger partial charge < -0.3 is 4.90 Å². The molecule has 0 aliphatic carbocycles. The summed E-state index contributed by atoms with van der Waals surface area (Å²) in [7, 11) is -6.81. The molecule has 1 N–H and O–H groups in total. The van der Waals surface area contributed by atoms with Gasteiger partial charge in [0.15, 0.2) is 0 Å². The summed E-state index contributed by atoms with van der Waals surface area (Å²) in [5.41, 5.74) is 0. The normalized spacial score (nSPS) is 18.5. The van der Waals surface area contributed by atoms with E-state index in [-0.39, 0.29) is 94.8 Å². The topological polar surface area (TPSA) is 59.8 Å². The molecule has 0 aromatic heterocycles. The molecule has 0 unspecified atom stereocenters. The van der Waals surface area contributed by atoms with Gasteiger partial charge in [-0.25, -0.2) is 0 Å². The van der Waals surface area contributed by atoms with E-state index in [0.29, 0.717) is 0 Å². The van der Waals surface area contributed by atoms with Crippen molar-refractivity contribution in [1.29, 1.82) is 0 Å². The van der Waals surface area contributed by atoms with Crippen molar-refractivity contribution in [3.63, 3.8) is 0 Å². The van der Waals surface area contributed by atoms with Gasteiger partial charge in [-0.3, -0.25) is 0 Å². The molecule has 0 bridgehead atoms.